The van der Waals surface area contributed by atoms with E-state index in [1.165, 1.54) is 11.3 Å². The Hall–Kier alpha value is -1.14. The lowest BCUT2D eigenvalue weighted by atomic mass is 10.1. The maximum Gasteiger partial charge on any atom is 0.0607 e. The zero-order valence-corrected chi connectivity index (χ0v) is 12.8. The van der Waals surface area contributed by atoms with Crippen LogP contribution in [-0.2, 0) is 6.54 Å². The summed E-state index contributed by atoms with van der Waals surface area (Å²) in [6.07, 6.45) is 0. The van der Waals surface area contributed by atoms with Crippen LogP contribution in [0, 0.1) is 0 Å². The van der Waals surface area contributed by atoms with E-state index in [0.717, 1.165) is 32.7 Å². The van der Waals surface area contributed by atoms with Crippen molar-refractivity contribution in [2.45, 2.75) is 19.5 Å². The van der Waals surface area contributed by atoms with Crippen molar-refractivity contribution in [3.63, 3.8) is 0 Å². The minimum absolute atomic E-state index is 0.0478. The predicted molar refractivity (Wildman–Crippen MR) is 85.6 cm³/mol. The van der Waals surface area contributed by atoms with Gasteiger partial charge in [0.1, 0.15) is 0 Å². The van der Waals surface area contributed by atoms with E-state index in [0.29, 0.717) is 6.54 Å². The van der Waals surface area contributed by atoms with Gasteiger partial charge in [-0.25, -0.2) is 0 Å². The average molecular weight is 293 g/mol. The summed E-state index contributed by atoms with van der Waals surface area (Å²) in [7, 11) is 0. The molecule has 2 rings (SSSR count). The minimum Gasteiger partial charge on any atom is -0.395 e. The van der Waals surface area contributed by atoms with E-state index in [1.807, 2.05) is 6.07 Å². The highest BCUT2D eigenvalue weighted by molar-refractivity contribution is 5.54. The monoisotopic (exact) mass is 293 g/mol. The van der Waals surface area contributed by atoms with Gasteiger partial charge in [0.05, 0.1) is 19.3 Å². The number of piperazine rings is 1. The lowest BCUT2D eigenvalue weighted by Crippen LogP contribution is -2.46. The molecule has 21 heavy (non-hydrogen) atoms. The van der Waals surface area contributed by atoms with Gasteiger partial charge in [0.2, 0.25) is 0 Å². The van der Waals surface area contributed by atoms with Crippen molar-refractivity contribution >= 4 is 5.69 Å². The topological polar surface area (TPSA) is 59.0 Å². The third-order valence-electron chi connectivity index (χ3n) is 4.17. The molecular weight excluding hydrogens is 266 g/mol. The molecule has 1 saturated heterocycles. The molecule has 1 heterocycles. The molecule has 0 aromatic heterocycles. The third-order valence-corrected chi connectivity index (χ3v) is 4.17. The highest BCUT2D eigenvalue weighted by Crippen LogP contribution is 2.21. The van der Waals surface area contributed by atoms with E-state index in [9.17, 15) is 0 Å². The van der Waals surface area contributed by atoms with Crippen LogP contribution in [0.25, 0.3) is 0 Å². The molecule has 3 N–H and O–H groups in total. The van der Waals surface area contributed by atoms with Crippen LogP contribution in [0.4, 0.5) is 5.69 Å². The molecule has 1 fully saturated rings. The van der Waals surface area contributed by atoms with Crippen molar-refractivity contribution in [1.29, 1.82) is 0 Å². The van der Waals surface area contributed by atoms with Crippen molar-refractivity contribution in [2.24, 2.45) is 0 Å². The highest BCUT2D eigenvalue weighted by atomic mass is 16.3. The summed E-state index contributed by atoms with van der Waals surface area (Å²) in [6, 6.07) is 8.12. The second kappa shape index (κ2) is 8.34. The van der Waals surface area contributed by atoms with Crippen LogP contribution in [0.2, 0.25) is 0 Å². The van der Waals surface area contributed by atoms with Gasteiger partial charge in [-0.3, -0.25) is 0 Å². The molecule has 1 aliphatic rings. The number of para-hydroxylation sites is 1. The molecule has 0 atom stereocenters. The molecule has 0 saturated carbocycles. The first-order valence-corrected chi connectivity index (χ1v) is 7.78. The van der Waals surface area contributed by atoms with Crippen LogP contribution >= 0.6 is 0 Å². The van der Waals surface area contributed by atoms with Crippen LogP contribution in [0.15, 0.2) is 24.3 Å². The Labute approximate surface area is 127 Å². The maximum absolute atomic E-state index is 9.14. The SMILES string of the molecule is CCN1CCN(c2ccccc2CNC(CO)CO)CC1. The van der Waals surface area contributed by atoms with Crippen molar-refractivity contribution in [3.8, 4) is 0 Å². The summed E-state index contributed by atoms with van der Waals surface area (Å²) >= 11 is 0. The lowest BCUT2D eigenvalue weighted by Gasteiger charge is -2.36. The van der Waals surface area contributed by atoms with E-state index < -0.39 is 0 Å². The molecule has 0 radical (unpaired) electrons. The van der Waals surface area contributed by atoms with Gasteiger partial charge < -0.3 is 25.3 Å². The molecule has 1 aromatic carbocycles. The normalized spacial score (nSPS) is 16.7. The molecule has 1 aromatic rings. The molecule has 5 heteroatoms. The first kappa shape index (κ1) is 16.2. The second-order valence-electron chi connectivity index (χ2n) is 5.49. The third kappa shape index (κ3) is 4.41. The Kier molecular flexibility index (Phi) is 6.45. The van der Waals surface area contributed by atoms with Gasteiger partial charge in [0, 0.05) is 38.4 Å². The summed E-state index contributed by atoms with van der Waals surface area (Å²) in [4.78, 5) is 4.89. The van der Waals surface area contributed by atoms with Gasteiger partial charge in [0.25, 0.3) is 0 Å². The second-order valence-corrected chi connectivity index (χ2v) is 5.49. The molecule has 118 valence electrons. The van der Waals surface area contributed by atoms with Crippen LogP contribution in [0.3, 0.4) is 0 Å². The molecule has 0 bridgehead atoms. The first-order chi connectivity index (χ1) is 10.3. The van der Waals surface area contributed by atoms with Crippen molar-refractivity contribution in [2.75, 3.05) is 50.8 Å². The first-order valence-electron chi connectivity index (χ1n) is 7.78. The summed E-state index contributed by atoms with van der Waals surface area (Å²) < 4.78 is 0. The lowest BCUT2D eigenvalue weighted by molar-refractivity contribution is 0.170. The van der Waals surface area contributed by atoms with Crippen molar-refractivity contribution in [1.82, 2.24) is 10.2 Å². The number of hydrogen-bond donors (Lipinski definition) is 3. The molecule has 5 nitrogen and oxygen atoms in total. The fraction of sp³-hybridized carbons (Fsp3) is 0.625. The average Bonchev–Trinajstić information content (AvgIpc) is 2.56. The number of anilines is 1. The van der Waals surface area contributed by atoms with Crippen LogP contribution < -0.4 is 10.2 Å². The Morgan fingerprint density at radius 2 is 1.76 bits per heavy atom. The van der Waals surface area contributed by atoms with E-state index in [-0.39, 0.29) is 19.3 Å². The number of benzene rings is 1. The number of likely N-dealkylation sites (N-methyl/N-ethyl adjacent to an activating group) is 1. The standard InChI is InChI=1S/C16H27N3O2/c1-2-18-7-9-19(10-8-18)16-6-4-3-5-14(16)11-17-15(12-20)13-21/h3-6,15,17,20-21H,2,7-13H2,1H3. The van der Waals surface area contributed by atoms with Gasteiger partial charge >= 0.3 is 0 Å². The number of aliphatic hydroxyl groups is 2. The number of hydrogen-bond acceptors (Lipinski definition) is 5. The van der Waals surface area contributed by atoms with E-state index >= 15 is 0 Å². The molecule has 0 spiro atoms. The Morgan fingerprint density at radius 1 is 1.10 bits per heavy atom. The molecule has 0 unspecified atom stereocenters. The van der Waals surface area contributed by atoms with Gasteiger partial charge in [-0.05, 0) is 18.2 Å². The summed E-state index contributed by atoms with van der Waals surface area (Å²) in [5.41, 5.74) is 2.48. The molecule has 1 aliphatic heterocycles. The molecular formula is C16H27N3O2. The predicted octanol–water partition coefficient (Wildman–Crippen LogP) is 0.271. The van der Waals surface area contributed by atoms with Gasteiger partial charge in [-0.15, -0.1) is 0 Å². The van der Waals surface area contributed by atoms with Gasteiger partial charge in [-0.2, -0.15) is 0 Å². The van der Waals surface area contributed by atoms with Crippen LogP contribution in [0.5, 0.6) is 0 Å². The van der Waals surface area contributed by atoms with Crippen LogP contribution in [0.1, 0.15) is 12.5 Å². The highest BCUT2D eigenvalue weighted by Gasteiger charge is 2.18. The van der Waals surface area contributed by atoms with E-state index in [1.54, 1.807) is 0 Å². The summed E-state index contributed by atoms with van der Waals surface area (Å²) in [5, 5.41) is 21.5. The Bertz CT molecular complexity index is 416. The number of nitrogens with one attached hydrogen (secondary N) is 1. The van der Waals surface area contributed by atoms with Crippen LogP contribution in [-0.4, -0.2) is 67.1 Å². The summed E-state index contributed by atoms with van der Waals surface area (Å²) in [5.74, 6) is 0. The maximum atomic E-state index is 9.14. The number of aliphatic hydroxyl groups excluding tert-OH is 2. The molecule has 0 amide bonds. The fourth-order valence-electron chi connectivity index (χ4n) is 2.71. The zero-order chi connectivity index (χ0) is 15.1. The van der Waals surface area contributed by atoms with E-state index in [2.05, 4.69) is 40.2 Å². The van der Waals surface area contributed by atoms with Gasteiger partial charge in [0.15, 0.2) is 0 Å². The largest absolute Gasteiger partial charge is 0.395 e. The number of rotatable bonds is 7. The fourth-order valence-corrected chi connectivity index (χ4v) is 2.71. The number of nitrogens with zero attached hydrogens (tertiary/aromatic N) is 2. The zero-order valence-electron chi connectivity index (χ0n) is 12.8. The Balaban J connectivity index is 2.00. The smallest absolute Gasteiger partial charge is 0.0607 e. The van der Waals surface area contributed by atoms with E-state index in [4.69, 9.17) is 10.2 Å². The minimum atomic E-state index is -0.255. The quantitative estimate of drug-likeness (QED) is 0.674. The molecule has 0 aliphatic carbocycles. The van der Waals surface area contributed by atoms with Crippen molar-refractivity contribution < 1.29 is 10.2 Å². The Morgan fingerprint density at radius 3 is 2.38 bits per heavy atom. The van der Waals surface area contributed by atoms with Gasteiger partial charge in [-0.1, -0.05) is 25.1 Å². The van der Waals surface area contributed by atoms with Crippen molar-refractivity contribution in [3.05, 3.63) is 29.8 Å². The summed E-state index contributed by atoms with van der Waals surface area (Å²) in [6.45, 7) is 8.20.